The number of ether oxygens (including phenoxy) is 2. The normalized spacial score (nSPS) is 18.6. The monoisotopic (exact) mass is 872 g/mol. The Bertz CT molecular complexity index is 1810. The average Bonchev–Trinajstić information content (AvgIpc) is 3.69. The second-order valence-electron chi connectivity index (χ2n) is 17.4. The molecule has 2 aromatic carbocycles. The summed E-state index contributed by atoms with van der Waals surface area (Å²) in [6.07, 6.45) is 2.75. The van der Waals surface area contributed by atoms with Crippen molar-refractivity contribution in [3.63, 3.8) is 0 Å². The molecular formula is C46H73N5O9S. The third-order valence-corrected chi connectivity index (χ3v) is 13.3. The van der Waals surface area contributed by atoms with Gasteiger partial charge in [0.2, 0.25) is 23.6 Å². The first kappa shape index (κ1) is 51.6. The van der Waals surface area contributed by atoms with Crippen LogP contribution in [0, 0.1) is 23.7 Å². The Morgan fingerprint density at radius 3 is 2.05 bits per heavy atom. The predicted octanol–water partition coefficient (Wildman–Crippen LogP) is 4.90. The first-order chi connectivity index (χ1) is 28.8. The first-order valence-corrected chi connectivity index (χ1v) is 23.2. The van der Waals surface area contributed by atoms with Gasteiger partial charge in [-0.1, -0.05) is 97.4 Å². The Hall–Kier alpha value is -3.73. The van der Waals surface area contributed by atoms with Gasteiger partial charge in [0.05, 0.1) is 47.6 Å². The molecule has 0 bridgehead atoms. The number of benzene rings is 2. The van der Waals surface area contributed by atoms with E-state index >= 15 is 0 Å². The van der Waals surface area contributed by atoms with Crippen molar-refractivity contribution in [1.82, 2.24) is 25.8 Å². The van der Waals surface area contributed by atoms with E-state index in [2.05, 4.69) is 29.8 Å². The number of hydrogen-bond acceptors (Lipinski definition) is 10. The van der Waals surface area contributed by atoms with Gasteiger partial charge < -0.3 is 25.0 Å². The van der Waals surface area contributed by atoms with Crippen LogP contribution in [0.4, 0.5) is 0 Å². The fourth-order valence-electron chi connectivity index (χ4n) is 9.00. The average molecular weight is 872 g/mol. The molecule has 0 radical (unpaired) electrons. The lowest BCUT2D eigenvalue weighted by atomic mass is 9.87. The minimum absolute atomic E-state index is 0.0217. The van der Waals surface area contributed by atoms with Crippen LogP contribution in [-0.2, 0) is 51.6 Å². The Morgan fingerprint density at radius 2 is 1.52 bits per heavy atom. The number of nitrogens with one attached hydrogen (secondary N) is 3. The maximum atomic E-state index is 14.4. The highest BCUT2D eigenvalue weighted by Gasteiger charge is 2.43. The zero-order valence-corrected chi connectivity index (χ0v) is 39.0. The number of imide groups is 1. The SMILES string of the molecule is CC[C@H](C)[C@@H]([C@@H](CC(=O)N1CCC[C@H]1[C@H](OC)[C@@H](C)C(=O)N[C@H](CCc1ccc(S(=O)(=O)O)cc1)Cc1ccccc1)OC)N(C)[C@H](C(=O)NC(=O)[C@@H](NC)C(C)C)C(C)C. The molecule has 1 fully saturated rings. The quantitative estimate of drug-likeness (QED) is 0.105. The van der Waals surface area contributed by atoms with Gasteiger partial charge >= 0.3 is 0 Å². The van der Waals surface area contributed by atoms with Crippen molar-refractivity contribution in [3.8, 4) is 0 Å². The lowest BCUT2D eigenvalue weighted by Gasteiger charge is -2.43. The summed E-state index contributed by atoms with van der Waals surface area (Å²) in [6.45, 7) is 14.2. The summed E-state index contributed by atoms with van der Waals surface area (Å²) in [5.41, 5.74) is 1.91. The van der Waals surface area contributed by atoms with Crippen LogP contribution in [0.15, 0.2) is 59.5 Å². The van der Waals surface area contributed by atoms with Crippen molar-refractivity contribution >= 4 is 33.7 Å². The molecule has 9 atom stereocenters. The number of nitrogens with zero attached hydrogens (tertiary/aromatic N) is 2. The van der Waals surface area contributed by atoms with Crippen molar-refractivity contribution in [1.29, 1.82) is 0 Å². The van der Waals surface area contributed by atoms with Gasteiger partial charge in [0, 0.05) is 32.8 Å². The summed E-state index contributed by atoms with van der Waals surface area (Å²) in [5.74, 6) is -1.87. The molecule has 15 heteroatoms. The molecule has 1 heterocycles. The Labute approximate surface area is 365 Å². The molecule has 14 nitrogen and oxygen atoms in total. The summed E-state index contributed by atoms with van der Waals surface area (Å²) in [5, 5.41) is 8.90. The van der Waals surface area contributed by atoms with Crippen LogP contribution in [0.25, 0.3) is 0 Å². The number of hydrogen-bond donors (Lipinski definition) is 4. The van der Waals surface area contributed by atoms with Gasteiger partial charge in [-0.3, -0.25) is 33.9 Å². The van der Waals surface area contributed by atoms with E-state index in [1.165, 1.54) is 12.1 Å². The lowest BCUT2D eigenvalue weighted by Crippen LogP contribution is -2.60. The Balaban J connectivity index is 1.79. The van der Waals surface area contributed by atoms with Crippen LogP contribution in [0.3, 0.4) is 0 Å². The third kappa shape index (κ3) is 14.4. The zero-order valence-electron chi connectivity index (χ0n) is 38.2. The van der Waals surface area contributed by atoms with Crippen LogP contribution in [-0.4, -0.2) is 124 Å². The number of likely N-dealkylation sites (N-methyl/N-ethyl adjacent to an activating group) is 2. The van der Waals surface area contributed by atoms with E-state index in [9.17, 15) is 32.1 Å². The molecule has 1 aliphatic heterocycles. The van der Waals surface area contributed by atoms with Crippen LogP contribution in [0.5, 0.6) is 0 Å². The Morgan fingerprint density at radius 1 is 0.885 bits per heavy atom. The van der Waals surface area contributed by atoms with E-state index in [4.69, 9.17) is 9.47 Å². The van der Waals surface area contributed by atoms with Crippen molar-refractivity contribution in [3.05, 3.63) is 65.7 Å². The molecule has 3 rings (SSSR count). The smallest absolute Gasteiger partial charge is 0.294 e. The molecule has 342 valence electrons. The van der Waals surface area contributed by atoms with E-state index in [1.807, 2.05) is 81.8 Å². The molecule has 1 aliphatic rings. The van der Waals surface area contributed by atoms with E-state index in [0.717, 1.165) is 24.0 Å². The van der Waals surface area contributed by atoms with Crippen LogP contribution < -0.4 is 16.0 Å². The molecule has 0 unspecified atom stereocenters. The molecule has 0 spiro atoms. The van der Waals surface area contributed by atoms with Gasteiger partial charge in [0.1, 0.15) is 0 Å². The van der Waals surface area contributed by atoms with Crippen LogP contribution in [0.1, 0.15) is 91.7 Å². The van der Waals surface area contributed by atoms with Crippen molar-refractivity contribution in [2.75, 3.05) is 34.9 Å². The molecule has 61 heavy (non-hydrogen) atoms. The maximum Gasteiger partial charge on any atom is 0.294 e. The summed E-state index contributed by atoms with van der Waals surface area (Å²) in [4.78, 5) is 59.1. The van der Waals surface area contributed by atoms with Crippen molar-refractivity contribution in [2.24, 2.45) is 23.7 Å². The highest BCUT2D eigenvalue weighted by molar-refractivity contribution is 7.85. The number of aryl methyl sites for hydroxylation is 1. The minimum atomic E-state index is -4.31. The number of amides is 4. The number of likely N-dealkylation sites (tertiary alicyclic amines) is 1. The fourth-order valence-corrected chi connectivity index (χ4v) is 9.48. The summed E-state index contributed by atoms with van der Waals surface area (Å²) in [6, 6.07) is 13.7. The zero-order chi connectivity index (χ0) is 45.6. The van der Waals surface area contributed by atoms with E-state index < -0.39 is 46.2 Å². The Kier molecular flexibility index (Phi) is 20.5. The highest BCUT2D eigenvalue weighted by atomic mass is 32.2. The van der Waals surface area contributed by atoms with Gasteiger partial charge in [-0.15, -0.1) is 0 Å². The topological polar surface area (TPSA) is 184 Å². The number of methoxy groups -OCH3 is 2. The molecule has 0 aliphatic carbocycles. The van der Waals surface area contributed by atoms with E-state index in [-0.39, 0.29) is 64.9 Å². The van der Waals surface area contributed by atoms with Crippen LogP contribution in [0.2, 0.25) is 0 Å². The summed E-state index contributed by atoms with van der Waals surface area (Å²) >= 11 is 0. The highest BCUT2D eigenvalue weighted by Crippen LogP contribution is 2.31. The second kappa shape index (κ2) is 24.2. The molecule has 4 N–H and O–H groups in total. The van der Waals surface area contributed by atoms with Crippen molar-refractivity contribution in [2.45, 2.75) is 141 Å². The van der Waals surface area contributed by atoms with Gasteiger partial charge in [0.15, 0.2) is 0 Å². The first-order valence-electron chi connectivity index (χ1n) is 21.8. The second-order valence-corrected chi connectivity index (χ2v) is 18.8. The molecule has 0 saturated carbocycles. The number of rotatable bonds is 24. The van der Waals surface area contributed by atoms with Crippen molar-refractivity contribution < 1.29 is 41.6 Å². The summed E-state index contributed by atoms with van der Waals surface area (Å²) < 4.78 is 44.7. The fraction of sp³-hybridized carbons (Fsp3) is 0.652. The number of carbonyl (C=O) groups is 4. The standard InChI is InChI=1S/C46H73N5O9S/c1-12-31(6)42(50(9)41(30(4)5)46(55)49-45(54)40(47-8)29(2)3)38(59-10)28-39(52)51-26-16-19-37(51)43(60-11)32(7)44(53)48-35(27-34-17-14-13-15-18-34)23-20-33-21-24-36(25-22-33)61(56,57)58/h13-15,17-18,21-22,24-25,29-32,35,37-38,40-43,47H,12,16,19-20,23,26-28H2,1-11H3,(H,48,53)(H,49,54,55)(H,56,57,58)/t31-,32+,35+,37-,38+,40-,41-,42-,43+/m0/s1. The largest absolute Gasteiger partial charge is 0.379 e. The molecule has 0 aromatic heterocycles. The maximum absolute atomic E-state index is 14.4. The van der Waals surface area contributed by atoms with Gasteiger partial charge in [-0.05, 0) is 87.2 Å². The number of carbonyl (C=O) groups excluding carboxylic acids is 4. The van der Waals surface area contributed by atoms with E-state index in [0.29, 0.717) is 32.2 Å². The molecule has 2 aromatic rings. The van der Waals surface area contributed by atoms with Gasteiger partial charge in [0.25, 0.3) is 10.1 Å². The molecule has 1 saturated heterocycles. The molecule has 4 amide bonds. The minimum Gasteiger partial charge on any atom is -0.379 e. The summed E-state index contributed by atoms with van der Waals surface area (Å²) in [7, 11) is 2.41. The third-order valence-electron chi connectivity index (χ3n) is 12.5. The van der Waals surface area contributed by atoms with Gasteiger partial charge in [-0.2, -0.15) is 8.42 Å². The van der Waals surface area contributed by atoms with Crippen LogP contribution >= 0.6 is 0 Å². The lowest BCUT2D eigenvalue weighted by molar-refractivity contribution is -0.144. The van der Waals surface area contributed by atoms with Gasteiger partial charge in [-0.25, -0.2) is 0 Å². The predicted molar refractivity (Wildman–Crippen MR) is 237 cm³/mol. The van der Waals surface area contributed by atoms with E-state index in [1.54, 1.807) is 33.4 Å². The molecular weight excluding hydrogens is 799 g/mol.